The van der Waals surface area contributed by atoms with Gasteiger partial charge in [0.15, 0.2) is 0 Å². The molecule has 1 fully saturated rings. The van der Waals surface area contributed by atoms with Crippen molar-refractivity contribution in [2.45, 2.75) is 37.5 Å². The second-order valence-corrected chi connectivity index (χ2v) is 10.1. The third-order valence-electron chi connectivity index (χ3n) is 6.18. The van der Waals surface area contributed by atoms with Gasteiger partial charge in [0.05, 0.1) is 16.1 Å². The average molecular weight is 424 g/mol. The molecule has 0 bridgehead atoms. The Labute approximate surface area is 179 Å². The first-order valence-corrected chi connectivity index (χ1v) is 12.0. The zero-order valence-electron chi connectivity index (χ0n) is 18.1. The molecule has 158 valence electrons. The van der Waals surface area contributed by atoms with E-state index in [0.29, 0.717) is 9.79 Å². The van der Waals surface area contributed by atoms with Crippen LogP contribution in [0, 0.1) is 20.8 Å². The third-order valence-corrected chi connectivity index (χ3v) is 7.93. The Bertz CT molecular complexity index is 1200. The minimum Gasteiger partial charge on any atom is -0.367 e. The molecule has 0 amide bonds. The molecule has 0 saturated carbocycles. The first-order valence-electron chi connectivity index (χ1n) is 10.5. The van der Waals surface area contributed by atoms with Crippen molar-refractivity contribution in [1.82, 2.24) is 9.88 Å². The summed E-state index contributed by atoms with van der Waals surface area (Å²) >= 11 is 0. The molecule has 1 saturated heterocycles. The molecule has 0 radical (unpaired) electrons. The molecule has 4 rings (SSSR count). The number of likely N-dealkylation sites (N-methyl/N-ethyl adjacent to an activating group) is 1. The molecule has 3 aromatic rings. The Morgan fingerprint density at radius 2 is 1.67 bits per heavy atom. The molecule has 0 aliphatic carbocycles. The molecule has 1 aliphatic heterocycles. The quantitative estimate of drug-likeness (QED) is 0.631. The number of aryl methyl sites for hydroxylation is 3. The van der Waals surface area contributed by atoms with Crippen LogP contribution in [0.25, 0.3) is 10.9 Å². The minimum atomic E-state index is -3.70. The van der Waals surface area contributed by atoms with E-state index in [0.717, 1.165) is 66.0 Å². The van der Waals surface area contributed by atoms with Gasteiger partial charge in [0, 0.05) is 37.8 Å². The second-order valence-electron chi connectivity index (χ2n) is 8.16. The summed E-state index contributed by atoms with van der Waals surface area (Å²) in [5.74, 6) is 0. The number of anilines is 1. The van der Waals surface area contributed by atoms with E-state index in [9.17, 15) is 8.42 Å². The van der Waals surface area contributed by atoms with Crippen LogP contribution in [0.5, 0.6) is 0 Å². The fourth-order valence-electron chi connectivity index (χ4n) is 4.09. The van der Waals surface area contributed by atoms with Gasteiger partial charge in [-0.15, -0.1) is 0 Å². The number of nitrogens with zero attached hydrogens (tertiary/aromatic N) is 3. The smallest absolute Gasteiger partial charge is 0.210 e. The molecule has 0 unspecified atom stereocenters. The Morgan fingerprint density at radius 1 is 0.933 bits per heavy atom. The highest BCUT2D eigenvalue weighted by Crippen LogP contribution is 2.37. The zero-order chi connectivity index (χ0) is 21.5. The van der Waals surface area contributed by atoms with Crippen molar-refractivity contribution in [3.05, 3.63) is 59.3 Å². The number of piperazine rings is 1. The predicted octanol–water partition coefficient (Wildman–Crippen LogP) is 4.13. The first kappa shape index (κ1) is 20.8. The fraction of sp³-hybridized carbons (Fsp3) is 0.375. The standard InChI is InChI=1S/C24H29N3O2S/c1-5-26-10-12-27(13-11-26)24-21-14-17(2)6-9-22(21)25-16-23(24)30(28,29)20-8-7-18(3)19(4)15-20/h6-9,14-16H,5,10-13H2,1-4H3. The SMILES string of the molecule is CCN1CCN(c2c(S(=O)(=O)c3ccc(C)c(C)c3)cnc3ccc(C)cc23)CC1. The van der Waals surface area contributed by atoms with Crippen molar-refractivity contribution in [3.63, 3.8) is 0 Å². The number of sulfone groups is 1. The zero-order valence-corrected chi connectivity index (χ0v) is 19.0. The van der Waals surface area contributed by atoms with Crippen LogP contribution in [0.4, 0.5) is 5.69 Å². The number of aromatic nitrogens is 1. The van der Waals surface area contributed by atoms with Gasteiger partial charge in [-0.05, 0) is 62.7 Å². The molecule has 6 heteroatoms. The van der Waals surface area contributed by atoms with Crippen LogP contribution in [-0.2, 0) is 9.84 Å². The highest BCUT2D eigenvalue weighted by molar-refractivity contribution is 7.91. The molecular weight excluding hydrogens is 394 g/mol. The molecule has 30 heavy (non-hydrogen) atoms. The molecule has 2 aromatic carbocycles. The summed E-state index contributed by atoms with van der Waals surface area (Å²) in [6, 6.07) is 11.4. The monoisotopic (exact) mass is 423 g/mol. The summed E-state index contributed by atoms with van der Waals surface area (Å²) in [5, 5.41) is 0.907. The maximum absolute atomic E-state index is 13.7. The van der Waals surface area contributed by atoms with E-state index < -0.39 is 9.84 Å². The normalized spacial score (nSPS) is 15.7. The van der Waals surface area contributed by atoms with Crippen molar-refractivity contribution in [3.8, 4) is 0 Å². The molecule has 0 spiro atoms. The largest absolute Gasteiger partial charge is 0.367 e. The predicted molar refractivity (Wildman–Crippen MR) is 122 cm³/mol. The maximum Gasteiger partial charge on any atom is 0.210 e. The van der Waals surface area contributed by atoms with Gasteiger partial charge in [-0.3, -0.25) is 4.98 Å². The number of hydrogen-bond acceptors (Lipinski definition) is 5. The van der Waals surface area contributed by atoms with Crippen LogP contribution in [0.1, 0.15) is 23.6 Å². The number of fused-ring (bicyclic) bond motifs is 1. The lowest BCUT2D eigenvalue weighted by atomic mass is 10.1. The van der Waals surface area contributed by atoms with Crippen molar-refractivity contribution in [2.24, 2.45) is 0 Å². The van der Waals surface area contributed by atoms with Crippen LogP contribution < -0.4 is 4.90 Å². The van der Waals surface area contributed by atoms with Gasteiger partial charge in [-0.2, -0.15) is 0 Å². The number of hydrogen-bond donors (Lipinski definition) is 0. The van der Waals surface area contributed by atoms with E-state index >= 15 is 0 Å². The van der Waals surface area contributed by atoms with Crippen molar-refractivity contribution in [2.75, 3.05) is 37.6 Å². The molecule has 1 aliphatic rings. The van der Waals surface area contributed by atoms with Crippen LogP contribution in [0.2, 0.25) is 0 Å². The van der Waals surface area contributed by atoms with Crippen LogP contribution in [0.15, 0.2) is 52.4 Å². The Kier molecular flexibility index (Phi) is 5.55. The first-order chi connectivity index (χ1) is 14.3. The van der Waals surface area contributed by atoms with E-state index in [2.05, 4.69) is 27.8 Å². The van der Waals surface area contributed by atoms with Gasteiger partial charge in [0.25, 0.3) is 0 Å². The number of benzene rings is 2. The van der Waals surface area contributed by atoms with Gasteiger partial charge in [-0.1, -0.05) is 24.6 Å². The lowest BCUT2D eigenvalue weighted by Gasteiger charge is -2.36. The topological polar surface area (TPSA) is 53.5 Å². The van der Waals surface area contributed by atoms with Gasteiger partial charge < -0.3 is 9.80 Å². The molecule has 5 nitrogen and oxygen atoms in total. The summed E-state index contributed by atoms with van der Waals surface area (Å²) in [7, 11) is -3.70. The van der Waals surface area contributed by atoms with Crippen molar-refractivity contribution < 1.29 is 8.42 Å². The molecule has 0 N–H and O–H groups in total. The van der Waals surface area contributed by atoms with Crippen molar-refractivity contribution >= 4 is 26.4 Å². The highest BCUT2D eigenvalue weighted by Gasteiger charge is 2.28. The summed E-state index contributed by atoms with van der Waals surface area (Å²) in [6.45, 7) is 12.6. The molecular formula is C24H29N3O2S. The average Bonchev–Trinajstić information content (AvgIpc) is 2.74. The summed E-state index contributed by atoms with van der Waals surface area (Å²) < 4.78 is 27.5. The van der Waals surface area contributed by atoms with E-state index in [-0.39, 0.29) is 0 Å². The maximum atomic E-state index is 13.7. The van der Waals surface area contributed by atoms with Crippen LogP contribution >= 0.6 is 0 Å². The van der Waals surface area contributed by atoms with Crippen LogP contribution in [0.3, 0.4) is 0 Å². The molecule has 0 atom stereocenters. The number of rotatable bonds is 4. The van der Waals surface area contributed by atoms with E-state index in [1.807, 2.05) is 39.0 Å². The van der Waals surface area contributed by atoms with E-state index in [1.54, 1.807) is 18.3 Å². The summed E-state index contributed by atoms with van der Waals surface area (Å²) in [4.78, 5) is 9.77. The second kappa shape index (κ2) is 8.00. The summed E-state index contributed by atoms with van der Waals surface area (Å²) in [6.07, 6.45) is 1.55. The van der Waals surface area contributed by atoms with E-state index in [4.69, 9.17) is 0 Å². The lowest BCUT2D eigenvalue weighted by molar-refractivity contribution is 0.271. The van der Waals surface area contributed by atoms with E-state index in [1.165, 1.54) is 0 Å². The van der Waals surface area contributed by atoms with Crippen molar-refractivity contribution in [1.29, 1.82) is 0 Å². The lowest BCUT2D eigenvalue weighted by Crippen LogP contribution is -2.46. The Morgan fingerprint density at radius 3 is 2.33 bits per heavy atom. The molecule has 1 aromatic heterocycles. The Balaban J connectivity index is 1.92. The van der Waals surface area contributed by atoms with Gasteiger partial charge in [0.1, 0.15) is 4.90 Å². The highest BCUT2D eigenvalue weighted by atomic mass is 32.2. The fourth-order valence-corrected chi connectivity index (χ4v) is 5.61. The van der Waals surface area contributed by atoms with Gasteiger partial charge >= 0.3 is 0 Å². The van der Waals surface area contributed by atoms with Crippen LogP contribution in [-0.4, -0.2) is 51.0 Å². The Hall–Kier alpha value is -2.44. The molecule has 2 heterocycles. The summed E-state index contributed by atoms with van der Waals surface area (Å²) in [5.41, 5.74) is 4.76. The van der Waals surface area contributed by atoms with Gasteiger partial charge in [-0.25, -0.2) is 8.42 Å². The minimum absolute atomic E-state index is 0.300. The van der Waals surface area contributed by atoms with Gasteiger partial charge in [0.2, 0.25) is 9.84 Å². The third kappa shape index (κ3) is 3.70. The number of pyridine rings is 1.